The van der Waals surface area contributed by atoms with Gasteiger partial charge in [-0.25, -0.2) is 0 Å². The molecule has 0 atom stereocenters. The second-order valence-corrected chi connectivity index (χ2v) is 8.78. The normalized spacial score (nSPS) is 12.0. The summed E-state index contributed by atoms with van der Waals surface area (Å²) in [5.41, 5.74) is 3.58. The van der Waals surface area contributed by atoms with Crippen LogP contribution >= 0.6 is 0 Å². The number of hydrogen-bond donors (Lipinski definition) is 0. The topological polar surface area (TPSA) is 52.6 Å². The third-order valence-electron chi connectivity index (χ3n) is 5.77. The number of carbonyl (C=O) groups excluding carboxylic acids is 2. The van der Waals surface area contributed by atoms with Crippen molar-refractivity contribution in [3.8, 4) is 0 Å². The van der Waals surface area contributed by atoms with Gasteiger partial charge in [0.25, 0.3) is 0 Å². The average Bonchev–Trinajstić information content (AvgIpc) is 3.01. The largest absolute Gasteiger partial charge is 0.426 e. The Bertz CT molecular complexity index is 1370. The van der Waals surface area contributed by atoms with Crippen LogP contribution in [0.3, 0.4) is 0 Å². The van der Waals surface area contributed by atoms with Gasteiger partial charge in [0, 0.05) is 11.1 Å². The van der Waals surface area contributed by atoms with Gasteiger partial charge in [0.15, 0.2) is 0 Å². The van der Waals surface area contributed by atoms with Gasteiger partial charge in [-0.1, -0.05) is 146 Å². The Labute approximate surface area is 235 Å². The van der Waals surface area contributed by atoms with E-state index in [1.807, 2.05) is 146 Å². The lowest BCUT2D eigenvalue weighted by atomic mass is 10.1. The summed E-state index contributed by atoms with van der Waals surface area (Å²) < 4.78 is 11.3. The molecule has 4 nitrogen and oxygen atoms in total. The van der Waals surface area contributed by atoms with E-state index in [1.165, 1.54) is 0 Å². The van der Waals surface area contributed by atoms with Crippen molar-refractivity contribution in [2.24, 2.45) is 0 Å². The van der Waals surface area contributed by atoms with Crippen LogP contribution in [0.2, 0.25) is 0 Å². The van der Waals surface area contributed by atoms with Crippen molar-refractivity contribution in [2.45, 2.75) is 12.8 Å². The third-order valence-corrected chi connectivity index (χ3v) is 5.77. The minimum atomic E-state index is -0.519. The Hall–Kier alpha value is -5.22. The van der Waals surface area contributed by atoms with Crippen LogP contribution in [0, 0.1) is 0 Å². The second kappa shape index (κ2) is 15.3. The van der Waals surface area contributed by atoms with E-state index in [2.05, 4.69) is 0 Å². The quantitative estimate of drug-likeness (QED) is 0.112. The van der Waals surface area contributed by atoms with Crippen molar-refractivity contribution in [1.29, 1.82) is 0 Å². The first-order valence-corrected chi connectivity index (χ1v) is 13.1. The molecule has 0 bridgehead atoms. The van der Waals surface area contributed by atoms with Gasteiger partial charge in [-0.15, -0.1) is 0 Å². The molecule has 0 heterocycles. The molecule has 0 spiro atoms. The van der Waals surface area contributed by atoms with Crippen LogP contribution in [0.4, 0.5) is 0 Å². The fourth-order valence-corrected chi connectivity index (χ4v) is 3.76. The van der Waals surface area contributed by atoms with Gasteiger partial charge in [-0.05, 0) is 23.3 Å². The highest BCUT2D eigenvalue weighted by atomic mass is 16.5. The van der Waals surface area contributed by atoms with Crippen LogP contribution < -0.4 is 0 Å². The van der Waals surface area contributed by atoms with Crippen LogP contribution in [-0.2, 0) is 19.1 Å². The Morgan fingerprint density at radius 1 is 0.475 bits per heavy atom. The highest BCUT2D eigenvalue weighted by Gasteiger charge is 2.14. The molecule has 0 aromatic heterocycles. The molecular formula is C36H30O4. The maximum absolute atomic E-state index is 12.7. The number of esters is 2. The Morgan fingerprint density at radius 2 is 0.800 bits per heavy atom. The fraction of sp³-hybridized carbons (Fsp3) is 0.0556. The zero-order valence-corrected chi connectivity index (χ0v) is 22.1. The SMILES string of the molecule is O=C(CCC(=O)O/C(=C/C=C/c1ccccc1)c1ccccc1)O/C(=C/C=C/c1ccccc1)c1ccccc1. The lowest BCUT2D eigenvalue weighted by molar-refractivity contribution is -0.143. The van der Waals surface area contributed by atoms with Crippen LogP contribution in [0.15, 0.2) is 146 Å². The van der Waals surface area contributed by atoms with Gasteiger partial charge in [-0.3, -0.25) is 9.59 Å². The van der Waals surface area contributed by atoms with Gasteiger partial charge >= 0.3 is 11.9 Å². The molecule has 0 aliphatic rings. The molecular weight excluding hydrogens is 496 g/mol. The van der Waals surface area contributed by atoms with Crippen LogP contribution in [0.5, 0.6) is 0 Å². The Kier molecular flexibility index (Phi) is 10.6. The number of benzene rings is 4. The molecule has 0 aliphatic heterocycles. The summed E-state index contributed by atoms with van der Waals surface area (Å²) in [6.07, 6.45) is 10.8. The summed E-state index contributed by atoms with van der Waals surface area (Å²) >= 11 is 0. The van der Waals surface area contributed by atoms with Crippen molar-refractivity contribution < 1.29 is 19.1 Å². The van der Waals surface area contributed by atoms with Crippen molar-refractivity contribution in [3.05, 3.63) is 168 Å². The molecule has 4 heteroatoms. The van der Waals surface area contributed by atoms with E-state index in [4.69, 9.17) is 9.47 Å². The van der Waals surface area contributed by atoms with E-state index in [9.17, 15) is 9.59 Å². The predicted molar refractivity (Wildman–Crippen MR) is 161 cm³/mol. The van der Waals surface area contributed by atoms with Gasteiger partial charge in [0.05, 0.1) is 12.8 Å². The van der Waals surface area contributed by atoms with E-state index in [1.54, 1.807) is 12.2 Å². The minimum Gasteiger partial charge on any atom is -0.426 e. The molecule has 0 amide bonds. The van der Waals surface area contributed by atoms with Crippen LogP contribution in [0.25, 0.3) is 23.7 Å². The first kappa shape index (κ1) is 27.8. The summed E-state index contributed by atoms with van der Waals surface area (Å²) in [6, 6.07) is 38.4. The molecule has 0 saturated heterocycles. The van der Waals surface area contributed by atoms with Crippen molar-refractivity contribution in [3.63, 3.8) is 0 Å². The molecule has 0 N–H and O–H groups in total. The predicted octanol–water partition coefficient (Wildman–Crippen LogP) is 8.36. The van der Waals surface area contributed by atoms with Gasteiger partial charge in [0.1, 0.15) is 11.5 Å². The minimum absolute atomic E-state index is 0.118. The number of carbonyl (C=O) groups is 2. The fourth-order valence-electron chi connectivity index (χ4n) is 3.76. The molecule has 4 rings (SSSR count). The molecule has 0 aliphatic carbocycles. The summed E-state index contributed by atoms with van der Waals surface area (Å²) in [6.45, 7) is 0. The van der Waals surface area contributed by atoms with Gasteiger partial charge in [0.2, 0.25) is 0 Å². The van der Waals surface area contributed by atoms with Crippen LogP contribution in [0.1, 0.15) is 35.1 Å². The lowest BCUT2D eigenvalue weighted by Crippen LogP contribution is -2.10. The molecule has 4 aromatic rings. The molecule has 40 heavy (non-hydrogen) atoms. The molecule has 4 aromatic carbocycles. The smallest absolute Gasteiger partial charge is 0.311 e. The van der Waals surface area contributed by atoms with Crippen molar-refractivity contribution >= 4 is 35.6 Å². The molecule has 0 fully saturated rings. The molecule has 0 unspecified atom stereocenters. The summed E-state index contributed by atoms with van der Waals surface area (Å²) in [4.78, 5) is 25.5. The zero-order chi connectivity index (χ0) is 27.8. The van der Waals surface area contributed by atoms with Crippen molar-refractivity contribution in [1.82, 2.24) is 0 Å². The summed E-state index contributed by atoms with van der Waals surface area (Å²) in [5, 5.41) is 0. The van der Waals surface area contributed by atoms with E-state index < -0.39 is 11.9 Å². The summed E-state index contributed by atoms with van der Waals surface area (Å²) in [7, 11) is 0. The van der Waals surface area contributed by atoms with Crippen molar-refractivity contribution in [2.75, 3.05) is 0 Å². The third kappa shape index (κ3) is 9.26. The van der Waals surface area contributed by atoms with Gasteiger partial charge in [-0.2, -0.15) is 0 Å². The number of ether oxygens (including phenoxy) is 2. The Balaban J connectivity index is 1.39. The summed E-state index contributed by atoms with van der Waals surface area (Å²) in [5.74, 6) is -0.229. The molecule has 198 valence electrons. The van der Waals surface area contributed by atoms with Crippen LogP contribution in [-0.4, -0.2) is 11.9 Å². The van der Waals surface area contributed by atoms with E-state index in [-0.39, 0.29) is 12.8 Å². The highest BCUT2D eigenvalue weighted by molar-refractivity contribution is 5.84. The number of hydrogen-bond acceptors (Lipinski definition) is 4. The number of rotatable bonds is 11. The highest BCUT2D eigenvalue weighted by Crippen LogP contribution is 2.20. The monoisotopic (exact) mass is 526 g/mol. The maximum Gasteiger partial charge on any atom is 0.311 e. The van der Waals surface area contributed by atoms with E-state index in [0.717, 1.165) is 22.3 Å². The first-order valence-electron chi connectivity index (χ1n) is 13.1. The van der Waals surface area contributed by atoms with E-state index in [0.29, 0.717) is 11.5 Å². The maximum atomic E-state index is 12.7. The Morgan fingerprint density at radius 3 is 1.15 bits per heavy atom. The van der Waals surface area contributed by atoms with Gasteiger partial charge < -0.3 is 9.47 Å². The molecule has 0 radical (unpaired) electrons. The molecule has 0 saturated carbocycles. The standard InChI is InChI=1S/C36H30O4/c37-35(39-33(31-21-9-3-10-22-31)25-13-19-29-15-5-1-6-16-29)27-28-36(38)40-34(32-23-11-4-12-24-32)26-14-20-30-17-7-2-8-18-30/h1-26H,27-28H2/b19-13+,20-14+,33-25+,34-26+. The second-order valence-electron chi connectivity index (χ2n) is 8.78. The number of allylic oxidation sites excluding steroid dienone is 4. The zero-order valence-electron chi connectivity index (χ0n) is 22.1. The lowest BCUT2D eigenvalue weighted by Gasteiger charge is -2.10. The first-order chi connectivity index (χ1) is 19.7. The van der Waals surface area contributed by atoms with E-state index >= 15 is 0 Å². The average molecular weight is 527 g/mol.